The SMILES string of the molecule is COc1cc(C)c(C(N)C2COCCN2)c(OC)c1. The molecule has 0 bridgehead atoms. The van der Waals surface area contributed by atoms with Gasteiger partial charge in [0.2, 0.25) is 0 Å². The lowest BCUT2D eigenvalue weighted by Gasteiger charge is -2.30. The summed E-state index contributed by atoms with van der Waals surface area (Å²) >= 11 is 0. The standard InChI is InChI=1S/C14H22N2O3/c1-9-6-10(17-2)7-12(18-3)13(9)14(15)11-8-19-5-4-16-11/h6-7,11,14,16H,4-5,8,15H2,1-3H3. The Kier molecular flexibility index (Phi) is 4.63. The summed E-state index contributed by atoms with van der Waals surface area (Å²) in [4.78, 5) is 0. The first-order valence-corrected chi connectivity index (χ1v) is 6.46. The van der Waals surface area contributed by atoms with Gasteiger partial charge < -0.3 is 25.3 Å². The molecule has 19 heavy (non-hydrogen) atoms. The molecule has 1 aromatic rings. The lowest BCUT2D eigenvalue weighted by Crippen LogP contribution is -2.48. The first-order chi connectivity index (χ1) is 9.17. The van der Waals surface area contributed by atoms with Crippen molar-refractivity contribution < 1.29 is 14.2 Å². The van der Waals surface area contributed by atoms with Crippen LogP contribution in [0.4, 0.5) is 0 Å². The molecule has 2 unspecified atom stereocenters. The highest BCUT2D eigenvalue weighted by Crippen LogP contribution is 2.33. The minimum absolute atomic E-state index is 0.106. The Bertz CT molecular complexity index is 431. The summed E-state index contributed by atoms with van der Waals surface area (Å²) in [5, 5.41) is 3.39. The number of rotatable bonds is 4. The lowest BCUT2D eigenvalue weighted by atomic mass is 9.94. The molecule has 2 rings (SSSR count). The summed E-state index contributed by atoms with van der Waals surface area (Å²) in [6.07, 6.45) is 0. The molecule has 0 aromatic heterocycles. The van der Waals surface area contributed by atoms with Gasteiger partial charge in [-0.2, -0.15) is 0 Å². The van der Waals surface area contributed by atoms with Gasteiger partial charge in [0.1, 0.15) is 11.5 Å². The van der Waals surface area contributed by atoms with Gasteiger partial charge in [-0.05, 0) is 18.6 Å². The van der Waals surface area contributed by atoms with Gasteiger partial charge in [-0.15, -0.1) is 0 Å². The van der Waals surface area contributed by atoms with Gasteiger partial charge >= 0.3 is 0 Å². The predicted molar refractivity (Wildman–Crippen MR) is 73.8 cm³/mol. The number of benzene rings is 1. The van der Waals surface area contributed by atoms with Crippen LogP contribution in [0.3, 0.4) is 0 Å². The third-order valence-electron chi connectivity index (χ3n) is 3.50. The summed E-state index contributed by atoms with van der Waals surface area (Å²) in [5.74, 6) is 1.54. The fourth-order valence-electron chi connectivity index (χ4n) is 2.47. The zero-order valence-electron chi connectivity index (χ0n) is 11.7. The van der Waals surface area contributed by atoms with Crippen LogP contribution in [0, 0.1) is 6.92 Å². The molecule has 0 amide bonds. The Labute approximate surface area is 114 Å². The second-order valence-electron chi connectivity index (χ2n) is 4.72. The van der Waals surface area contributed by atoms with E-state index in [1.807, 2.05) is 19.1 Å². The van der Waals surface area contributed by atoms with E-state index in [2.05, 4.69) is 5.32 Å². The molecule has 0 aliphatic carbocycles. The van der Waals surface area contributed by atoms with E-state index < -0.39 is 0 Å². The molecule has 1 heterocycles. The molecule has 1 aliphatic rings. The highest BCUT2D eigenvalue weighted by Gasteiger charge is 2.26. The van der Waals surface area contributed by atoms with E-state index in [0.29, 0.717) is 6.61 Å². The van der Waals surface area contributed by atoms with Gasteiger partial charge in [-0.1, -0.05) is 0 Å². The number of hydrogen-bond donors (Lipinski definition) is 2. The quantitative estimate of drug-likeness (QED) is 0.851. The topological polar surface area (TPSA) is 65.7 Å². The third kappa shape index (κ3) is 3.00. The molecule has 1 aromatic carbocycles. The van der Waals surface area contributed by atoms with Crippen molar-refractivity contribution in [2.24, 2.45) is 5.73 Å². The van der Waals surface area contributed by atoms with E-state index in [1.54, 1.807) is 14.2 Å². The average Bonchev–Trinajstić information content (AvgIpc) is 2.46. The molecule has 0 saturated carbocycles. The second kappa shape index (κ2) is 6.23. The molecule has 1 fully saturated rings. The summed E-state index contributed by atoms with van der Waals surface area (Å²) in [6, 6.07) is 3.78. The fraction of sp³-hybridized carbons (Fsp3) is 0.571. The van der Waals surface area contributed by atoms with Crippen LogP contribution in [0.2, 0.25) is 0 Å². The second-order valence-corrected chi connectivity index (χ2v) is 4.72. The maximum absolute atomic E-state index is 6.38. The summed E-state index contributed by atoms with van der Waals surface area (Å²) < 4.78 is 16.2. The number of methoxy groups -OCH3 is 2. The molecule has 5 nitrogen and oxygen atoms in total. The molecular weight excluding hydrogens is 244 g/mol. The van der Waals surface area contributed by atoms with Gasteiger partial charge in [0.15, 0.2) is 0 Å². The van der Waals surface area contributed by atoms with Crippen molar-refractivity contribution in [3.05, 3.63) is 23.3 Å². The minimum Gasteiger partial charge on any atom is -0.497 e. The Morgan fingerprint density at radius 1 is 1.37 bits per heavy atom. The van der Waals surface area contributed by atoms with Crippen LogP contribution in [0.25, 0.3) is 0 Å². The number of nitrogens with two attached hydrogens (primary N) is 1. The Hall–Kier alpha value is -1.30. The van der Waals surface area contributed by atoms with Gasteiger partial charge in [0, 0.05) is 24.2 Å². The number of aryl methyl sites for hydroxylation is 1. The molecule has 1 saturated heterocycles. The molecule has 0 spiro atoms. The average molecular weight is 266 g/mol. The number of nitrogens with one attached hydrogen (secondary N) is 1. The van der Waals surface area contributed by atoms with Crippen molar-refractivity contribution in [1.82, 2.24) is 5.32 Å². The normalized spacial score (nSPS) is 20.9. The third-order valence-corrected chi connectivity index (χ3v) is 3.50. The van der Waals surface area contributed by atoms with E-state index in [4.69, 9.17) is 19.9 Å². The molecule has 106 valence electrons. The Morgan fingerprint density at radius 3 is 2.74 bits per heavy atom. The van der Waals surface area contributed by atoms with Crippen molar-refractivity contribution in [3.8, 4) is 11.5 Å². The maximum atomic E-state index is 6.38. The van der Waals surface area contributed by atoms with Crippen molar-refractivity contribution in [2.75, 3.05) is 34.0 Å². The molecule has 5 heteroatoms. The number of ether oxygens (including phenoxy) is 3. The number of morpholine rings is 1. The van der Waals surface area contributed by atoms with E-state index in [9.17, 15) is 0 Å². The minimum atomic E-state index is -0.166. The van der Waals surface area contributed by atoms with Crippen LogP contribution in [0.15, 0.2) is 12.1 Å². The Balaban J connectivity index is 2.31. The largest absolute Gasteiger partial charge is 0.497 e. The Morgan fingerprint density at radius 2 is 2.16 bits per heavy atom. The molecular formula is C14H22N2O3. The molecule has 2 atom stereocenters. The van der Waals surface area contributed by atoms with Gasteiger partial charge in [-0.25, -0.2) is 0 Å². The van der Waals surface area contributed by atoms with Crippen LogP contribution in [-0.4, -0.2) is 40.0 Å². The van der Waals surface area contributed by atoms with E-state index in [0.717, 1.165) is 35.8 Å². The summed E-state index contributed by atoms with van der Waals surface area (Å²) in [6.45, 7) is 4.21. The van der Waals surface area contributed by atoms with Crippen molar-refractivity contribution in [2.45, 2.75) is 19.0 Å². The van der Waals surface area contributed by atoms with E-state index in [-0.39, 0.29) is 12.1 Å². The summed E-state index contributed by atoms with van der Waals surface area (Å²) in [5.41, 5.74) is 8.45. The smallest absolute Gasteiger partial charge is 0.127 e. The van der Waals surface area contributed by atoms with Gasteiger partial charge in [0.25, 0.3) is 0 Å². The zero-order valence-corrected chi connectivity index (χ0v) is 11.7. The maximum Gasteiger partial charge on any atom is 0.127 e. The molecule has 0 radical (unpaired) electrons. The predicted octanol–water partition coefficient (Wildman–Crippen LogP) is 1.00. The molecule has 1 aliphatic heterocycles. The first-order valence-electron chi connectivity index (χ1n) is 6.46. The summed E-state index contributed by atoms with van der Waals surface area (Å²) in [7, 11) is 3.29. The van der Waals surface area contributed by atoms with Crippen LogP contribution in [-0.2, 0) is 4.74 Å². The number of hydrogen-bond acceptors (Lipinski definition) is 5. The fourth-order valence-corrected chi connectivity index (χ4v) is 2.47. The van der Waals surface area contributed by atoms with Gasteiger partial charge in [0.05, 0.1) is 33.5 Å². The van der Waals surface area contributed by atoms with Crippen LogP contribution in [0.1, 0.15) is 17.2 Å². The van der Waals surface area contributed by atoms with Crippen molar-refractivity contribution in [1.29, 1.82) is 0 Å². The van der Waals surface area contributed by atoms with Crippen LogP contribution >= 0.6 is 0 Å². The first kappa shape index (κ1) is 14.1. The van der Waals surface area contributed by atoms with Gasteiger partial charge in [-0.3, -0.25) is 0 Å². The van der Waals surface area contributed by atoms with Crippen LogP contribution < -0.4 is 20.5 Å². The van der Waals surface area contributed by atoms with Crippen molar-refractivity contribution in [3.63, 3.8) is 0 Å². The van der Waals surface area contributed by atoms with E-state index >= 15 is 0 Å². The highest BCUT2D eigenvalue weighted by atomic mass is 16.5. The molecule has 3 N–H and O–H groups in total. The highest BCUT2D eigenvalue weighted by molar-refractivity contribution is 5.48. The van der Waals surface area contributed by atoms with Crippen molar-refractivity contribution >= 4 is 0 Å². The monoisotopic (exact) mass is 266 g/mol. The lowest BCUT2D eigenvalue weighted by molar-refractivity contribution is 0.0681. The zero-order chi connectivity index (χ0) is 13.8. The van der Waals surface area contributed by atoms with Crippen LogP contribution in [0.5, 0.6) is 11.5 Å². The van der Waals surface area contributed by atoms with E-state index in [1.165, 1.54) is 0 Å².